The molecule has 1 fully saturated rings. The lowest BCUT2D eigenvalue weighted by Gasteiger charge is -2.17. The van der Waals surface area contributed by atoms with E-state index in [1.807, 2.05) is 0 Å². The Balaban J connectivity index is 1.68. The van der Waals surface area contributed by atoms with Gasteiger partial charge in [-0.1, -0.05) is 40.2 Å². The number of hydrogen-bond acceptors (Lipinski definition) is 5. The molecule has 1 heterocycles. The number of anilines is 1. The molecule has 1 atom stereocenters. The number of esters is 1. The first-order valence-corrected chi connectivity index (χ1v) is 11.6. The van der Waals surface area contributed by atoms with Gasteiger partial charge >= 0.3 is 5.97 Å². The molecule has 1 aliphatic rings. The molecule has 0 bridgehead atoms. The maximum atomic E-state index is 12.3. The van der Waals surface area contributed by atoms with Crippen LogP contribution in [0.1, 0.15) is 23.6 Å². The molecule has 1 saturated heterocycles. The number of hydrogen-bond donors (Lipinski definition) is 1. The van der Waals surface area contributed by atoms with Crippen molar-refractivity contribution in [1.29, 1.82) is 0 Å². The van der Waals surface area contributed by atoms with Crippen LogP contribution in [0.2, 0.25) is 0 Å². The maximum absolute atomic E-state index is 12.3. The maximum Gasteiger partial charge on any atom is 0.333 e. The normalized spacial score (nSPS) is 16.4. The molecule has 7 nitrogen and oxygen atoms in total. The molecular weight excluding hydrogens is 472 g/mol. The minimum absolute atomic E-state index is 0.161. The fourth-order valence-electron chi connectivity index (χ4n) is 3.09. The van der Waals surface area contributed by atoms with E-state index in [1.54, 1.807) is 54.6 Å². The fourth-order valence-corrected chi connectivity index (χ4v) is 4.92. The minimum Gasteiger partial charge on any atom is -0.467 e. The monoisotopic (exact) mass is 492 g/mol. The van der Waals surface area contributed by atoms with E-state index in [0.29, 0.717) is 24.2 Å². The molecular formula is C21H21BrN2O5S. The highest BCUT2D eigenvalue weighted by molar-refractivity contribution is 9.10. The molecule has 158 valence electrons. The van der Waals surface area contributed by atoms with Crippen LogP contribution < -0.4 is 9.62 Å². The molecule has 3 rings (SSSR count). The fraction of sp³-hybridized carbons (Fsp3) is 0.238. The average Bonchev–Trinajstić information content (AvgIpc) is 3.10. The number of nitrogens with one attached hydrogen (secondary N) is 1. The molecule has 1 unspecified atom stereocenters. The number of nitrogens with zero attached hydrogens (tertiary/aromatic N) is 1. The smallest absolute Gasteiger partial charge is 0.333 e. The first-order chi connectivity index (χ1) is 14.3. The Morgan fingerprint density at radius 3 is 2.37 bits per heavy atom. The number of rotatable bonds is 6. The van der Waals surface area contributed by atoms with Crippen molar-refractivity contribution in [2.45, 2.75) is 12.5 Å². The van der Waals surface area contributed by atoms with Gasteiger partial charge in [-0.2, -0.15) is 0 Å². The Kier molecular flexibility index (Phi) is 6.94. The first kappa shape index (κ1) is 22.0. The Hall–Kier alpha value is -2.65. The molecule has 1 N–H and O–H groups in total. The predicted molar refractivity (Wildman–Crippen MR) is 118 cm³/mol. The van der Waals surface area contributed by atoms with Crippen molar-refractivity contribution in [2.24, 2.45) is 0 Å². The molecule has 9 heteroatoms. The third kappa shape index (κ3) is 5.28. The van der Waals surface area contributed by atoms with Crippen molar-refractivity contribution >= 4 is 49.6 Å². The molecule has 0 spiro atoms. The van der Waals surface area contributed by atoms with Crippen LogP contribution in [0.5, 0.6) is 0 Å². The highest BCUT2D eigenvalue weighted by atomic mass is 79.9. The van der Waals surface area contributed by atoms with Gasteiger partial charge in [0.25, 0.3) is 0 Å². The predicted octanol–water partition coefficient (Wildman–Crippen LogP) is 3.03. The highest BCUT2D eigenvalue weighted by Gasteiger charge is 2.28. The highest BCUT2D eigenvalue weighted by Crippen LogP contribution is 2.24. The van der Waals surface area contributed by atoms with Crippen molar-refractivity contribution in [3.05, 3.63) is 70.2 Å². The number of benzene rings is 2. The summed E-state index contributed by atoms with van der Waals surface area (Å²) in [6.45, 7) is 0.477. The van der Waals surface area contributed by atoms with Gasteiger partial charge in [0, 0.05) is 17.1 Å². The molecule has 2 aromatic carbocycles. The summed E-state index contributed by atoms with van der Waals surface area (Å²) >= 11 is 3.33. The van der Waals surface area contributed by atoms with Crippen LogP contribution in [-0.4, -0.2) is 39.7 Å². The van der Waals surface area contributed by atoms with Gasteiger partial charge in [-0.3, -0.25) is 9.10 Å². The third-order valence-electron chi connectivity index (χ3n) is 4.63. The lowest BCUT2D eigenvalue weighted by atomic mass is 10.1. The minimum atomic E-state index is -3.23. The summed E-state index contributed by atoms with van der Waals surface area (Å²) < 4.78 is 31.0. The zero-order valence-corrected chi connectivity index (χ0v) is 18.6. The van der Waals surface area contributed by atoms with Crippen LogP contribution in [0.4, 0.5) is 5.69 Å². The molecule has 30 heavy (non-hydrogen) atoms. The summed E-state index contributed by atoms with van der Waals surface area (Å²) in [6, 6.07) is 13.0. The van der Waals surface area contributed by atoms with Crippen molar-refractivity contribution in [1.82, 2.24) is 5.32 Å². The summed E-state index contributed by atoms with van der Waals surface area (Å²) in [5, 5.41) is 2.64. The van der Waals surface area contributed by atoms with Gasteiger partial charge in [0.05, 0.1) is 18.6 Å². The lowest BCUT2D eigenvalue weighted by Crippen LogP contribution is -2.33. The number of carbonyl (C=O) groups excluding carboxylic acids is 2. The largest absolute Gasteiger partial charge is 0.467 e. The second kappa shape index (κ2) is 9.44. The van der Waals surface area contributed by atoms with Gasteiger partial charge in [0.2, 0.25) is 15.9 Å². The zero-order valence-electron chi connectivity index (χ0n) is 16.2. The Morgan fingerprint density at radius 2 is 1.80 bits per heavy atom. The SMILES string of the molecule is COC(=O)C(NC(=O)/C=C/c1ccc(N2CCCS2(=O)=O)cc1)c1ccc(Br)cc1. The number of methoxy groups -OCH3 is 1. The first-order valence-electron chi connectivity index (χ1n) is 9.22. The Bertz CT molecular complexity index is 1050. The number of amides is 1. The van der Waals surface area contributed by atoms with E-state index in [4.69, 9.17) is 4.74 Å². The summed E-state index contributed by atoms with van der Waals surface area (Å²) in [4.78, 5) is 24.4. The Morgan fingerprint density at radius 1 is 1.13 bits per heavy atom. The summed E-state index contributed by atoms with van der Waals surface area (Å²) in [7, 11) is -1.97. The van der Waals surface area contributed by atoms with Crippen molar-refractivity contribution < 1.29 is 22.7 Å². The van der Waals surface area contributed by atoms with Gasteiger partial charge in [-0.05, 0) is 47.9 Å². The van der Waals surface area contributed by atoms with E-state index in [0.717, 1.165) is 10.0 Å². The second-order valence-electron chi connectivity index (χ2n) is 6.68. The van der Waals surface area contributed by atoms with E-state index in [9.17, 15) is 18.0 Å². The average molecular weight is 493 g/mol. The van der Waals surface area contributed by atoms with Gasteiger partial charge < -0.3 is 10.1 Å². The van der Waals surface area contributed by atoms with Gasteiger partial charge in [0.1, 0.15) is 0 Å². The van der Waals surface area contributed by atoms with Crippen LogP contribution in [0, 0.1) is 0 Å². The van der Waals surface area contributed by atoms with E-state index in [1.165, 1.54) is 17.5 Å². The summed E-state index contributed by atoms with van der Waals surface area (Å²) in [5.74, 6) is -0.871. The zero-order chi connectivity index (χ0) is 21.7. The second-order valence-corrected chi connectivity index (χ2v) is 9.61. The topological polar surface area (TPSA) is 92.8 Å². The van der Waals surface area contributed by atoms with E-state index in [2.05, 4.69) is 21.2 Å². The molecule has 0 radical (unpaired) electrons. The molecule has 2 aromatic rings. The summed E-state index contributed by atoms with van der Waals surface area (Å²) in [6.07, 6.45) is 3.52. The third-order valence-corrected chi connectivity index (χ3v) is 7.03. The Labute approximate surface area is 183 Å². The van der Waals surface area contributed by atoms with Gasteiger partial charge in [0.15, 0.2) is 6.04 Å². The quantitative estimate of drug-likeness (QED) is 0.494. The molecule has 0 saturated carbocycles. The number of sulfonamides is 1. The number of ether oxygens (including phenoxy) is 1. The van der Waals surface area contributed by atoms with Crippen LogP contribution in [-0.2, 0) is 24.3 Å². The standard InChI is InChI=1S/C21H21BrN2O5S/c1-29-21(26)20(16-6-8-17(22)9-7-16)23-19(25)12-5-15-3-10-18(11-4-15)24-13-2-14-30(24,27)28/h3-12,20H,2,13-14H2,1H3,(H,23,25)/b12-5+. The van der Waals surface area contributed by atoms with Crippen molar-refractivity contribution in [2.75, 3.05) is 23.7 Å². The molecule has 1 amide bonds. The molecule has 1 aliphatic heterocycles. The van der Waals surface area contributed by atoms with E-state index < -0.39 is 27.9 Å². The molecule has 0 aromatic heterocycles. The van der Waals surface area contributed by atoms with Crippen LogP contribution in [0.15, 0.2) is 59.1 Å². The van der Waals surface area contributed by atoms with Gasteiger partial charge in [-0.15, -0.1) is 0 Å². The van der Waals surface area contributed by atoms with E-state index in [-0.39, 0.29) is 5.75 Å². The van der Waals surface area contributed by atoms with Crippen molar-refractivity contribution in [3.63, 3.8) is 0 Å². The number of carbonyl (C=O) groups is 2. The van der Waals surface area contributed by atoms with E-state index >= 15 is 0 Å². The van der Waals surface area contributed by atoms with Crippen LogP contribution in [0.25, 0.3) is 6.08 Å². The summed E-state index contributed by atoms with van der Waals surface area (Å²) in [5.41, 5.74) is 1.93. The number of halogens is 1. The van der Waals surface area contributed by atoms with Crippen LogP contribution in [0.3, 0.4) is 0 Å². The molecule has 0 aliphatic carbocycles. The van der Waals surface area contributed by atoms with Crippen molar-refractivity contribution in [3.8, 4) is 0 Å². The van der Waals surface area contributed by atoms with Crippen LogP contribution >= 0.6 is 15.9 Å². The van der Waals surface area contributed by atoms with Gasteiger partial charge in [-0.25, -0.2) is 13.2 Å². The lowest BCUT2D eigenvalue weighted by molar-refractivity contribution is -0.144.